The average molecular weight is 303 g/mol. The van der Waals surface area contributed by atoms with E-state index in [1.807, 2.05) is 4.90 Å². The van der Waals surface area contributed by atoms with Gasteiger partial charge in [0.05, 0.1) is 12.6 Å². The minimum absolute atomic E-state index is 0.0936. The molecular formula is C18H25NO3. The van der Waals surface area contributed by atoms with Crippen LogP contribution in [0.2, 0.25) is 0 Å². The van der Waals surface area contributed by atoms with Crippen molar-refractivity contribution >= 4 is 5.91 Å². The highest BCUT2D eigenvalue weighted by atomic mass is 16.5. The fourth-order valence-electron chi connectivity index (χ4n) is 3.67. The molecule has 1 heterocycles. The summed E-state index contributed by atoms with van der Waals surface area (Å²) >= 11 is 0. The first kappa shape index (κ1) is 15.5. The van der Waals surface area contributed by atoms with Gasteiger partial charge in [-0.15, -0.1) is 0 Å². The second kappa shape index (κ2) is 7.25. The van der Waals surface area contributed by atoms with E-state index in [4.69, 9.17) is 9.47 Å². The predicted octanol–water partition coefficient (Wildman–Crippen LogP) is 2.58. The molecule has 0 bridgehead atoms. The van der Waals surface area contributed by atoms with Crippen LogP contribution in [-0.4, -0.2) is 44.3 Å². The van der Waals surface area contributed by atoms with Gasteiger partial charge >= 0.3 is 0 Å². The molecule has 120 valence electrons. The molecule has 4 heteroatoms. The lowest BCUT2D eigenvalue weighted by atomic mass is 9.86. The van der Waals surface area contributed by atoms with E-state index in [0.717, 1.165) is 45.4 Å². The fraction of sp³-hybridized carbons (Fsp3) is 0.611. The zero-order chi connectivity index (χ0) is 15.4. The predicted molar refractivity (Wildman–Crippen MR) is 84.6 cm³/mol. The topological polar surface area (TPSA) is 38.8 Å². The molecule has 1 aliphatic carbocycles. The summed E-state index contributed by atoms with van der Waals surface area (Å²) < 4.78 is 10.6. The number of fused-ring (bicyclic) bond motifs is 1. The molecule has 1 fully saturated rings. The standard InChI is InChI=1S/C18H25NO3/c1-21-13-18(20)19(11-14-9-10-22-12-14)17-8-4-6-15-5-2-3-7-16(15)17/h2-3,5,7,14,17H,4,6,8-13H2,1H3. The Bertz CT molecular complexity index is 511. The third-order valence-corrected chi connectivity index (χ3v) is 4.78. The van der Waals surface area contributed by atoms with Crippen LogP contribution >= 0.6 is 0 Å². The quantitative estimate of drug-likeness (QED) is 0.839. The van der Waals surface area contributed by atoms with Crippen molar-refractivity contribution in [2.45, 2.75) is 31.7 Å². The Balaban J connectivity index is 1.83. The first-order valence-corrected chi connectivity index (χ1v) is 8.23. The van der Waals surface area contributed by atoms with E-state index in [2.05, 4.69) is 24.3 Å². The van der Waals surface area contributed by atoms with Crippen molar-refractivity contribution < 1.29 is 14.3 Å². The van der Waals surface area contributed by atoms with Crippen LogP contribution in [0.25, 0.3) is 0 Å². The molecule has 22 heavy (non-hydrogen) atoms. The number of benzene rings is 1. The van der Waals surface area contributed by atoms with E-state index in [1.54, 1.807) is 7.11 Å². The lowest BCUT2D eigenvalue weighted by Gasteiger charge is -2.37. The number of aryl methyl sites for hydroxylation is 1. The van der Waals surface area contributed by atoms with Gasteiger partial charge in [0.15, 0.2) is 0 Å². The Labute approximate surface area is 132 Å². The van der Waals surface area contributed by atoms with Crippen LogP contribution in [0.4, 0.5) is 0 Å². The average Bonchev–Trinajstić information content (AvgIpc) is 3.05. The number of hydrogen-bond acceptors (Lipinski definition) is 3. The molecule has 1 aliphatic heterocycles. The van der Waals surface area contributed by atoms with Crippen molar-refractivity contribution in [1.82, 2.24) is 4.90 Å². The normalized spacial score (nSPS) is 24.0. The highest BCUT2D eigenvalue weighted by Gasteiger charge is 2.31. The molecule has 0 aromatic heterocycles. The van der Waals surface area contributed by atoms with Crippen molar-refractivity contribution in [3.8, 4) is 0 Å². The Kier molecular flexibility index (Phi) is 5.11. The molecule has 2 aliphatic rings. The first-order chi connectivity index (χ1) is 10.8. The van der Waals surface area contributed by atoms with Crippen LogP contribution in [0, 0.1) is 5.92 Å². The maximum atomic E-state index is 12.6. The van der Waals surface area contributed by atoms with Crippen LogP contribution < -0.4 is 0 Å². The van der Waals surface area contributed by atoms with Gasteiger partial charge in [-0.3, -0.25) is 4.79 Å². The molecule has 0 spiro atoms. The number of ether oxygens (including phenoxy) is 2. The summed E-state index contributed by atoms with van der Waals surface area (Å²) in [5.74, 6) is 0.547. The highest BCUT2D eigenvalue weighted by molar-refractivity contribution is 5.78. The summed E-state index contributed by atoms with van der Waals surface area (Å²) in [5.41, 5.74) is 2.70. The second-order valence-electron chi connectivity index (χ2n) is 6.32. The molecule has 2 unspecified atom stereocenters. The Morgan fingerprint density at radius 2 is 2.23 bits per heavy atom. The maximum Gasteiger partial charge on any atom is 0.249 e. The molecule has 1 aromatic carbocycles. The van der Waals surface area contributed by atoms with Crippen LogP contribution in [0.15, 0.2) is 24.3 Å². The fourth-order valence-corrected chi connectivity index (χ4v) is 3.67. The smallest absolute Gasteiger partial charge is 0.249 e. The van der Waals surface area contributed by atoms with E-state index in [0.29, 0.717) is 5.92 Å². The molecule has 3 rings (SSSR count). The summed E-state index contributed by atoms with van der Waals surface area (Å²) in [6.45, 7) is 2.52. The first-order valence-electron chi connectivity index (χ1n) is 8.23. The van der Waals surface area contributed by atoms with Crippen molar-refractivity contribution in [2.24, 2.45) is 5.92 Å². The molecule has 1 aromatic rings. The summed E-state index contributed by atoms with van der Waals surface area (Å²) in [6.07, 6.45) is 4.34. The molecule has 1 saturated heterocycles. The van der Waals surface area contributed by atoms with Gasteiger partial charge in [-0.25, -0.2) is 0 Å². The maximum absolute atomic E-state index is 12.6. The van der Waals surface area contributed by atoms with Crippen LogP contribution in [0.3, 0.4) is 0 Å². The second-order valence-corrected chi connectivity index (χ2v) is 6.32. The zero-order valence-electron chi connectivity index (χ0n) is 13.3. The number of carbonyl (C=O) groups excluding carboxylic acids is 1. The van der Waals surface area contributed by atoms with Crippen LogP contribution in [-0.2, 0) is 20.7 Å². The minimum atomic E-state index is 0.0936. The summed E-state index contributed by atoms with van der Waals surface area (Å²) in [6, 6.07) is 8.73. The molecule has 1 amide bonds. The highest BCUT2D eigenvalue weighted by Crippen LogP contribution is 2.35. The van der Waals surface area contributed by atoms with Gasteiger partial charge in [0.1, 0.15) is 6.61 Å². The molecule has 4 nitrogen and oxygen atoms in total. The largest absolute Gasteiger partial charge is 0.381 e. The Morgan fingerprint density at radius 3 is 3.00 bits per heavy atom. The Morgan fingerprint density at radius 1 is 1.36 bits per heavy atom. The number of hydrogen-bond donors (Lipinski definition) is 0. The molecule has 2 atom stereocenters. The van der Waals surface area contributed by atoms with E-state index in [9.17, 15) is 4.79 Å². The van der Waals surface area contributed by atoms with Gasteiger partial charge in [0.25, 0.3) is 0 Å². The van der Waals surface area contributed by atoms with E-state index >= 15 is 0 Å². The van der Waals surface area contributed by atoms with Gasteiger partial charge < -0.3 is 14.4 Å². The van der Waals surface area contributed by atoms with Gasteiger partial charge in [0, 0.05) is 26.2 Å². The van der Waals surface area contributed by atoms with Crippen LogP contribution in [0.1, 0.15) is 36.4 Å². The third kappa shape index (κ3) is 3.33. The van der Waals surface area contributed by atoms with E-state index in [1.165, 1.54) is 11.1 Å². The Hall–Kier alpha value is -1.39. The summed E-state index contributed by atoms with van der Waals surface area (Å²) in [5, 5.41) is 0. The van der Waals surface area contributed by atoms with Gasteiger partial charge in [0.2, 0.25) is 5.91 Å². The SMILES string of the molecule is COCC(=O)N(CC1CCOC1)C1CCCc2ccccc21. The lowest BCUT2D eigenvalue weighted by molar-refractivity contribution is -0.138. The van der Waals surface area contributed by atoms with Gasteiger partial charge in [-0.1, -0.05) is 24.3 Å². The third-order valence-electron chi connectivity index (χ3n) is 4.78. The van der Waals surface area contributed by atoms with Gasteiger partial charge in [-0.05, 0) is 36.8 Å². The van der Waals surface area contributed by atoms with Crippen molar-refractivity contribution in [3.05, 3.63) is 35.4 Å². The van der Waals surface area contributed by atoms with Gasteiger partial charge in [-0.2, -0.15) is 0 Å². The summed E-state index contributed by atoms with van der Waals surface area (Å²) in [4.78, 5) is 14.6. The number of nitrogens with zero attached hydrogens (tertiary/aromatic N) is 1. The number of rotatable bonds is 5. The number of amides is 1. The van der Waals surface area contributed by atoms with Crippen LogP contribution in [0.5, 0.6) is 0 Å². The summed E-state index contributed by atoms with van der Waals surface area (Å²) in [7, 11) is 1.59. The minimum Gasteiger partial charge on any atom is -0.381 e. The molecule has 0 N–H and O–H groups in total. The molecular weight excluding hydrogens is 278 g/mol. The van der Waals surface area contributed by atoms with Crippen molar-refractivity contribution in [2.75, 3.05) is 33.5 Å². The molecule has 0 radical (unpaired) electrons. The van der Waals surface area contributed by atoms with E-state index < -0.39 is 0 Å². The monoisotopic (exact) mass is 303 g/mol. The zero-order valence-corrected chi connectivity index (χ0v) is 13.3. The number of methoxy groups -OCH3 is 1. The van der Waals surface area contributed by atoms with E-state index in [-0.39, 0.29) is 18.6 Å². The number of carbonyl (C=O) groups is 1. The van der Waals surface area contributed by atoms with Crippen molar-refractivity contribution in [3.63, 3.8) is 0 Å². The van der Waals surface area contributed by atoms with Crippen molar-refractivity contribution in [1.29, 1.82) is 0 Å². The lowest BCUT2D eigenvalue weighted by Crippen LogP contribution is -2.41. The molecule has 0 saturated carbocycles.